The van der Waals surface area contributed by atoms with Gasteiger partial charge in [0.1, 0.15) is 5.82 Å². The number of halogens is 1. The molecule has 3 rings (SSSR count). The largest absolute Gasteiger partial charge is 0.391 e. The highest BCUT2D eigenvalue weighted by Gasteiger charge is 2.25. The maximum absolute atomic E-state index is 14.3. The van der Waals surface area contributed by atoms with Crippen molar-refractivity contribution in [2.75, 3.05) is 13.1 Å². The van der Waals surface area contributed by atoms with Crippen molar-refractivity contribution in [3.05, 3.63) is 59.9 Å². The van der Waals surface area contributed by atoms with Crippen LogP contribution in [0.25, 0.3) is 11.1 Å². The number of likely N-dealkylation sites (tertiary alicyclic amines) is 1. The lowest BCUT2D eigenvalue weighted by atomic mass is 10.0. The lowest BCUT2D eigenvalue weighted by molar-refractivity contribution is 0.0470. The predicted molar refractivity (Wildman–Crippen MR) is 83.0 cm³/mol. The first-order valence-electron chi connectivity index (χ1n) is 7.47. The molecular weight excluding hydrogens is 281 g/mol. The minimum absolute atomic E-state index is 0.0637. The molecule has 0 spiro atoms. The number of hydrogen-bond acceptors (Lipinski definition) is 2. The van der Waals surface area contributed by atoms with Gasteiger partial charge >= 0.3 is 0 Å². The summed E-state index contributed by atoms with van der Waals surface area (Å²) in [7, 11) is 0. The first-order chi connectivity index (χ1) is 10.6. The Balaban J connectivity index is 1.84. The van der Waals surface area contributed by atoms with E-state index in [1.807, 2.05) is 30.3 Å². The number of carbonyl (C=O) groups excluding carboxylic acids is 1. The van der Waals surface area contributed by atoms with E-state index >= 15 is 0 Å². The van der Waals surface area contributed by atoms with Crippen LogP contribution < -0.4 is 0 Å². The Morgan fingerprint density at radius 3 is 2.59 bits per heavy atom. The summed E-state index contributed by atoms with van der Waals surface area (Å²) >= 11 is 0. The van der Waals surface area contributed by atoms with Crippen LogP contribution in [0.4, 0.5) is 4.39 Å². The highest BCUT2D eigenvalue weighted by molar-refractivity contribution is 5.95. The van der Waals surface area contributed by atoms with Crippen molar-refractivity contribution in [3.8, 4) is 11.1 Å². The molecule has 0 radical (unpaired) electrons. The quantitative estimate of drug-likeness (QED) is 0.925. The minimum atomic E-state index is -0.522. The molecule has 1 fully saturated rings. The van der Waals surface area contributed by atoms with Crippen LogP contribution >= 0.6 is 0 Å². The van der Waals surface area contributed by atoms with Gasteiger partial charge in [-0.3, -0.25) is 4.79 Å². The molecule has 1 unspecified atom stereocenters. The van der Waals surface area contributed by atoms with Crippen molar-refractivity contribution < 1.29 is 14.3 Å². The van der Waals surface area contributed by atoms with Crippen LogP contribution in [0.3, 0.4) is 0 Å². The third-order valence-corrected chi connectivity index (χ3v) is 3.99. The summed E-state index contributed by atoms with van der Waals surface area (Å²) in [6, 6.07) is 14.2. The average Bonchev–Trinajstić information content (AvgIpc) is 2.55. The van der Waals surface area contributed by atoms with Crippen LogP contribution in [-0.2, 0) is 0 Å². The molecule has 0 bridgehead atoms. The Labute approximate surface area is 129 Å². The number of aliphatic hydroxyl groups is 1. The van der Waals surface area contributed by atoms with Gasteiger partial charge in [0.15, 0.2) is 0 Å². The zero-order valence-electron chi connectivity index (χ0n) is 12.2. The maximum Gasteiger partial charge on any atom is 0.256 e. The van der Waals surface area contributed by atoms with Crippen molar-refractivity contribution in [1.82, 2.24) is 4.90 Å². The monoisotopic (exact) mass is 299 g/mol. The molecule has 3 nitrogen and oxygen atoms in total. The molecule has 1 aliphatic rings. The summed E-state index contributed by atoms with van der Waals surface area (Å²) in [4.78, 5) is 13.9. The van der Waals surface area contributed by atoms with Gasteiger partial charge in [-0.25, -0.2) is 4.39 Å². The molecule has 0 aromatic heterocycles. The van der Waals surface area contributed by atoms with Gasteiger partial charge in [-0.1, -0.05) is 36.4 Å². The molecule has 4 heteroatoms. The van der Waals surface area contributed by atoms with Crippen LogP contribution in [0, 0.1) is 5.82 Å². The van der Waals surface area contributed by atoms with Crippen LogP contribution in [0.2, 0.25) is 0 Å². The van der Waals surface area contributed by atoms with Crippen LogP contribution in [0.1, 0.15) is 23.2 Å². The van der Waals surface area contributed by atoms with Gasteiger partial charge in [-0.15, -0.1) is 0 Å². The molecule has 1 amide bonds. The number of rotatable bonds is 2. The van der Waals surface area contributed by atoms with E-state index < -0.39 is 11.9 Å². The standard InChI is InChI=1S/C18H18FNO2/c19-17-11-14(13-5-2-1-3-6-13)8-9-16(17)18(22)20-10-4-7-15(21)12-20/h1-3,5-6,8-9,11,15,21H,4,7,10,12H2. The second kappa shape index (κ2) is 6.28. The fourth-order valence-corrected chi connectivity index (χ4v) is 2.81. The fourth-order valence-electron chi connectivity index (χ4n) is 2.81. The van der Waals surface area contributed by atoms with Gasteiger partial charge in [-0.2, -0.15) is 0 Å². The summed E-state index contributed by atoms with van der Waals surface area (Å²) in [5, 5.41) is 9.65. The third-order valence-electron chi connectivity index (χ3n) is 3.99. The van der Waals surface area contributed by atoms with E-state index in [0.717, 1.165) is 17.5 Å². The van der Waals surface area contributed by atoms with Crippen molar-refractivity contribution in [2.24, 2.45) is 0 Å². The molecule has 0 saturated carbocycles. The highest BCUT2D eigenvalue weighted by Crippen LogP contribution is 2.23. The fraction of sp³-hybridized carbons (Fsp3) is 0.278. The summed E-state index contributed by atoms with van der Waals surface area (Å²) in [5.74, 6) is -0.873. The Morgan fingerprint density at radius 2 is 1.91 bits per heavy atom. The first kappa shape index (κ1) is 14.7. The number of benzene rings is 2. The smallest absolute Gasteiger partial charge is 0.256 e. The topological polar surface area (TPSA) is 40.5 Å². The Morgan fingerprint density at radius 1 is 1.14 bits per heavy atom. The average molecular weight is 299 g/mol. The predicted octanol–water partition coefficient (Wildman–Crippen LogP) is 3.09. The highest BCUT2D eigenvalue weighted by atomic mass is 19.1. The van der Waals surface area contributed by atoms with Crippen molar-refractivity contribution in [2.45, 2.75) is 18.9 Å². The van der Waals surface area contributed by atoms with Gasteiger partial charge in [0.25, 0.3) is 5.91 Å². The zero-order chi connectivity index (χ0) is 15.5. The molecule has 1 aliphatic heterocycles. The maximum atomic E-state index is 14.3. The summed E-state index contributed by atoms with van der Waals surface area (Å²) < 4.78 is 14.3. The molecule has 114 valence electrons. The molecule has 2 aromatic rings. The number of β-amino-alcohol motifs (C(OH)–C–C–N with tert-alkyl or cyclic N) is 1. The van der Waals surface area contributed by atoms with E-state index in [0.29, 0.717) is 13.0 Å². The number of nitrogens with zero attached hydrogens (tertiary/aromatic N) is 1. The molecule has 2 aromatic carbocycles. The van der Waals surface area contributed by atoms with E-state index in [1.54, 1.807) is 6.07 Å². The van der Waals surface area contributed by atoms with Crippen LogP contribution in [0.15, 0.2) is 48.5 Å². The van der Waals surface area contributed by atoms with Gasteiger partial charge in [0.2, 0.25) is 0 Å². The van der Waals surface area contributed by atoms with E-state index in [1.165, 1.54) is 17.0 Å². The number of hydrogen-bond donors (Lipinski definition) is 1. The van der Waals surface area contributed by atoms with E-state index in [9.17, 15) is 14.3 Å². The van der Waals surface area contributed by atoms with Crippen molar-refractivity contribution >= 4 is 5.91 Å². The Kier molecular flexibility index (Phi) is 4.20. The van der Waals surface area contributed by atoms with Gasteiger partial charge in [-0.05, 0) is 36.1 Å². The van der Waals surface area contributed by atoms with Gasteiger partial charge in [0.05, 0.1) is 11.7 Å². The number of piperidine rings is 1. The molecule has 1 saturated heterocycles. The Hall–Kier alpha value is -2.20. The summed E-state index contributed by atoms with van der Waals surface area (Å²) in [5.41, 5.74) is 1.72. The second-order valence-corrected chi connectivity index (χ2v) is 5.61. The number of carbonyl (C=O) groups is 1. The van der Waals surface area contributed by atoms with E-state index in [4.69, 9.17) is 0 Å². The number of aliphatic hydroxyl groups excluding tert-OH is 1. The molecule has 1 N–H and O–H groups in total. The second-order valence-electron chi connectivity index (χ2n) is 5.61. The van der Waals surface area contributed by atoms with E-state index in [-0.39, 0.29) is 18.0 Å². The zero-order valence-corrected chi connectivity index (χ0v) is 12.2. The molecule has 0 aliphatic carbocycles. The summed E-state index contributed by atoms with van der Waals surface area (Å²) in [6.45, 7) is 0.842. The molecule has 22 heavy (non-hydrogen) atoms. The van der Waals surface area contributed by atoms with E-state index in [2.05, 4.69) is 0 Å². The lowest BCUT2D eigenvalue weighted by Gasteiger charge is -2.30. The normalized spacial score (nSPS) is 18.3. The van der Waals surface area contributed by atoms with Crippen LogP contribution in [-0.4, -0.2) is 35.1 Å². The molecule has 1 heterocycles. The number of amides is 1. The minimum Gasteiger partial charge on any atom is -0.391 e. The van der Waals surface area contributed by atoms with Crippen molar-refractivity contribution in [3.63, 3.8) is 0 Å². The van der Waals surface area contributed by atoms with Crippen molar-refractivity contribution in [1.29, 1.82) is 0 Å². The molecular formula is C18H18FNO2. The lowest BCUT2D eigenvalue weighted by Crippen LogP contribution is -2.42. The summed E-state index contributed by atoms with van der Waals surface area (Å²) in [6.07, 6.45) is 0.930. The third kappa shape index (κ3) is 3.02. The Bertz CT molecular complexity index is 672. The van der Waals surface area contributed by atoms with Gasteiger partial charge < -0.3 is 10.0 Å². The van der Waals surface area contributed by atoms with Gasteiger partial charge in [0, 0.05) is 13.1 Å². The molecule has 1 atom stereocenters. The SMILES string of the molecule is O=C(c1ccc(-c2ccccc2)cc1F)N1CCCC(O)C1. The van der Waals surface area contributed by atoms with Crippen LogP contribution in [0.5, 0.6) is 0 Å². The first-order valence-corrected chi connectivity index (χ1v) is 7.47.